The molecule has 4 heteroatoms. The van der Waals surface area contributed by atoms with Crippen LogP contribution < -0.4 is 20.9 Å². The van der Waals surface area contributed by atoms with E-state index in [0.29, 0.717) is 0 Å². The number of hydrogen-bond acceptors (Lipinski definition) is 4. The normalized spacial score (nSPS) is 15.2. The highest BCUT2D eigenvalue weighted by molar-refractivity contribution is 5.63. The zero-order valence-electron chi connectivity index (χ0n) is 65.0. The number of para-hydroxylation sites is 1. The molecule has 4 nitrogen and oxygen atoms in total. The number of hydrazine groups is 2. The molecule has 2 unspecified atom stereocenters. The first kappa shape index (κ1) is 78.8. The number of benzene rings is 6. The zero-order valence-corrected chi connectivity index (χ0v) is 65.0. The molecule has 6 aromatic carbocycles. The summed E-state index contributed by atoms with van der Waals surface area (Å²) >= 11 is 0. The molecule has 0 aliphatic carbocycles. The SMILES string of the molecule is CC(C)(C)c1cc(C=CC2=CC(c3cc(C(C)(C)C)cc(C(C)(C)C)c3)N(c3ccccc3)N2)cc(C(C)(C)C)c1.CCCCCCCCCCCCc1ccc(C=CC2=CC(c3ccc(CCCCCCCCCCCC)cc3)N(c3ccc(CCCC)cc3CCCC)N2)cc1. The molecule has 532 valence electrons. The third-order valence-electron chi connectivity index (χ3n) is 20.4. The van der Waals surface area contributed by atoms with Gasteiger partial charge in [0.15, 0.2) is 0 Å². The van der Waals surface area contributed by atoms with Crippen LogP contribution in [0.25, 0.3) is 12.2 Å². The Morgan fingerprint density at radius 3 is 1.15 bits per heavy atom. The number of aryl methyl sites for hydroxylation is 4. The van der Waals surface area contributed by atoms with Crippen LogP contribution in [0.15, 0.2) is 169 Å². The van der Waals surface area contributed by atoms with Gasteiger partial charge >= 0.3 is 0 Å². The van der Waals surface area contributed by atoms with Gasteiger partial charge < -0.3 is 0 Å². The van der Waals surface area contributed by atoms with Gasteiger partial charge in [-0.15, -0.1) is 0 Å². The van der Waals surface area contributed by atoms with E-state index < -0.39 is 0 Å². The van der Waals surface area contributed by atoms with E-state index in [0.717, 1.165) is 24.2 Å². The van der Waals surface area contributed by atoms with E-state index in [9.17, 15) is 0 Å². The molecule has 0 saturated heterocycles. The predicted molar refractivity (Wildman–Crippen MR) is 433 cm³/mol. The van der Waals surface area contributed by atoms with Gasteiger partial charge in [0.2, 0.25) is 0 Å². The Hall–Kier alpha value is -6.52. The van der Waals surface area contributed by atoms with Crippen LogP contribution in [0, 0.1) is 0 Å². The minimum Gasteiger partial charge on any atom is -0.298 e. The third kappa shape index (κ3) is 25.9. The van der Waals surface area contributed by atoms with Gasteiger partial charge in [0.05, 0.1) is 34.9 Å². The standard InChI is InChI=1S/C55H84N2.C39H52N2/c1-5-9-13-15-17-19-21-23-25-27-30-47-33-35-49(36-34-47)39-43-53-46-55(57(56-53)54-44-40-50(29-11-7-3)45-52(54)32-12-8-4)51-41-37-48(38-42-51)31-28-26-24-22-20-18-16-14-10-6-2;1-36(2,3)29-20-27(21-30(24-29)37(4,5)6)18-19-33-26-35(41(40-33)34-16-14-13-15-17-34)28-22-31(38(7,8)9)25-32(23-28)39(10,11)12/h33-46,55-56H,5-32H2,1-4H3;13-26,35,40H,1-12H3. The summed E-state index contributed by atoms with van der Waals surface area (Å²) in [5.41, 5.74) is 29.2. The van der Waals surface area contributed by atoms with Gasteiger partial charge in [-0.2, -0.15) is 0 Å². The Labute approximate surface area is 601 Å². The monoisotopic (exact) mass is 1320 g/mol. The van der Waals surface area contributed by atoms with Gasteiger partial charge in [-0.25, -0.2) is 0 Å². The van der Waals surface area contributed by atoms with Crippen LogP contribution in [0.5, 0.6) is 0 Å². The van der Waals surface area contributed by atoms with Crippen molar-refractivity contribution >= 4 is 23.5 Å². The van der Waals surface area contributed by atoms with E-state index in [1.807, 2.05) is 0 Å². The maximum Gasteiger partial charge on any atom is 0.0958 e. The van der Waals surface area contributed by atoms with Crippen molar-refractivity contribution in [1.82, 2.24) is 10.9 Å². The van der Waals surface area contributed by atoms with Crippen molar-refractivity contribution in [3.63, 3.8) is 0 Å². The second-order valence-corrected chi connectivity index (χ2v) is 33.3. The molecule has 0 amide bonds. The van der Waals surface area contributed by atoms with Crippen molar-refractivity contribution in [3.8, 4) is 0 Å². The van der Waals surface area contributed by atoms with Crippen LogP contribution in [0.3, 0.4) is 0 Å². The van der Waals surface area contributed by atoms with Crippen molar-refractivity contribution in [2.24, 2.45) is 0 Å². The summed E-state index contributed by atoms with van der Waals surface area (Å²) in [4.78, 5) is 0. The number of hydrogen-bond donors (Lipinski definition) is 2. The van der Waals surface area contributed by atoms with Crippen molar-refractivity contribution in [2.75, 3.05) is 10.0 Å². The average molecular weight is 1320 g/mol. The molecule has 0 bridgehead atoms. The second-order valence-electron chi connectivity index (χ2n) is 33.3. The summed E-state index contributed by atoms with van der Waals surface area (Å²) in [7, 11) is 0. The lowest BCUT2D eigenvalue weighted by Crippen LogP contribution is -2.35. The van der Waals surface area contributed by atoms with Crippen LogP contribution >= 0.6 is 0 Å². The van der Waals surface area contributed by atoms with E-state index in [1.165, 1.54) is 245 Å². The van der Waals surface area contributed by atoms with E-state index in [2.05, 4.69) is 302 Å². The lowest BCUT2D eigenvalue weighted by atomic mass is 9.79. The molecule has 0 aromatic heterocycles. The molecule has 0 saturated carbocycles. The third-order valence-corrected chi connectivity index (χ3v) is 20.4. The molecule has 0 fully saturated rings. The number of anilines is 2. The van der Waals surface area contributed by atoms with Crippen LogP contribution in [-0.4, -0.2) is 0 Å². The summed E-state index contributed by atoms with van der Waals surface area (Å²) in [6.07, 6.45) is 51.3. The molecule has 8 rings (SSSR count). The Balaban J connectivity index is 0.000000291. The molecular formula is C94H136N4. The molecular weight excluding hydrogens is 1190 g/mol. The van der Waals surface area contributed by atoms with E-state index in [4.69, 9.17) is 0 Å². The smallest absolute Gasteiger partial charge is 0.0958 e. The number of allylic oxidation sites excluding steroid dienone is 2. The molecule has 2 heterocycles. The van der Waals surface area contributed by atoms with Crippen LogP contribution in [0.1, 0.15) is 344 Å². The zero-order chi connectivity index (χ0) is 70.6. The Morgan fingerprint density at radius 2 is 0.694 bits per heavy atom. The molecule has 0 spiro atoms. The van der Waals surface area contributed by atoms with Crippen molar-refractivity contribution in [3.05, 3.63) is 236 Å². The highest BCUT2D eigenvalue weighted by Crippen LogP contribution is 2.40. The summed E-state index contributed by atoms with van der Waals surface area (Å²) in [6.45, 7) is 36.8. The summed E-state index contributed by atoms with van der Waals surface area (Å²) in [5, 5.41) is 4.75. The van der Waals surface area contributed by atoms with Crippen LogP contribution in [-0.2, 0) is 47.3 Å². The minimum atomic E-state index is 0.0644. The first-order valence-corrected chi connectivity index (χ1v) is 39.6. The van der Waals surface area contributed by atoms with Gasteiger partial charge in [-0.05, 0) is 182 Å². The van der Waals surface area contributed by atoms with Crippen LogP contribution in [0.2, 0.25) is 0 Å². The number of unbranched alkanes of at least 4 members (excludes halogenated alkanes) is 20. The van der Waals surface area contributed by atoms with Gasteiger partial charge in [0.1, 0.15) is 0 Å². The number of nitrogens with zero attached hydrogens (tertiary/aromatic N) is 2. The van der Waals surface area contributed by atoms with E-state index >= 15 is 0 Å². The average Bonchev–Trinajstić information content (AvgIpc) is 1.49. The minimum absolute atomic E-state index is 0.0644. The molecule has 2 atom stereocenters. The summed E-state index contributed by atoms with van der Waals surface area (Å²) in [6, 6.07) is 51.3. The van der Waals surface area contributed by atoms with Gasteiger partial charge in [0.25, 0.3) is 0 Å². The lowest BCUT2D eigenvalue weighted by molar-refractivity contribution is 0.556. The molecule has 6 aromatic rings. The Kier molecular flexibility index (Phi) is 31.7. The van der Waals surface area contributed by atoms with Gasteiger partial charge in [-0.3, -0.25) is 20.9 Å². The first-order chi connectivity index (χ1) is 47.0. The summed E-state index contributed by atoms with van der Waals surface area (Å²) < 4.78 is 0. The molecule has 2 aliphatic rings. The fourth-order valence-electron chi connectivity index (χ4n) is 13.6. The van der Waals surface area contributed by atoms with Crippen molar-refractivity contribution < 1.29 is 0 Å². The predicted octanol–water partition coefficient (Wildman–Crippen LogP) is 27.5. The largest absolute Gasteiger partial charge is 0.298 e. The molecule has 0 radical (unpaired) electrons. The molecule has 98 heavy (non-hydrogen) atoms. The van der Waals surface area contributed by atoms with Crippen LogP contribution in [0.4, 0.5) is 11.4 Å². The van der Waals surface area contributed by atoms with Gasteiger partial charge in [-0.1, -0.05) is 367 Å². The van der Waals surface area contributed by atoms with Crippen molar-refractivity contribution in [2.45, 2.75) is 324 Å². The quantitative estimate of drug-likeness (QED) is 0.0384. The molecule has 2 aliphatic heterocycles. The van der Waals surface area contributed by atoms with Crippen molar-refractivity contribution in [1.29, 1.82) is 0 Å². The fourth-order valence-corrected chi connectivity index (χ4v) is 13.6. The van der Waals surface area contributed by atoms with E-state index in [1.54, 1.807) is 0 Å². The fraction of sp³-hybridized carbons (Fsp3) is 0.532. The van der Waals surface area contributed by atoms with E-state index in [-0.39, 0.29) is 33.7 Å². The van der Waals surface area contributed by atoms with Gasteiger partial charge in [0, 0.05) is 0 Å². The lowest BCUT2D eigenvalue weighted by Gasteiger charge is -2.31. The Bertz CT molecular complexity index is 3330. The maximum absolute atomic E-state index is 3.87. The number of nitrogens with one attached hydrogen (secondary N) is 2. The summed E-state index contributed by atoms with van der Waals surface area (Å²) in [5.74, 6) is 0. The Morgan fingerprint density at radius 1 is 0.316 bits per heavy atom. The number of rotatable bonds is 36. The topological polar surface area (TPSA) is 30.5 Å². The maximum atomic E-state index is 3.87. The molecule has 2 N–H and O–H groups in total. The highest BCUT2D eigenvalue weighted by atomic mass is 15.5. The second kappa shape index (κ2) is 39.5. The first-order valence-electron chi connectivity index (χ1n) is 39.6. The highest BCUT2D eigenvalue weighted by Gasteiger charge is 2.31.